The van der Waals surface area contributed by atoms with E-state index in [-0.39, 0.29) is 23.0 Å². The quantitative estimate of drug-likeness (QED) is 0.705. The van der Waals surface area contributed by atoms with Crippen LogP contribution in [0.5, 0.6) is 0 Å². The molecular weight excluding hydrogens is 179 g/mol. The van der Waals surface area contributed by atoms with Crippen molar-refractivity contribution in [3.8, 4) is 0 Å². The number of anilines is 1. The van der Waals surface area contributed by atoms with Crippen molar-refractivity contribution < 1.29 is 4.39 Å². The number of halogens is 1. The maximum atomic E-state index is 13.2. The van der Waals surface area contributed by atoms with Crippen LogP contribution in [0.15, 0.2) is 18.2 Å². The molecule has 1 fully saturated rings. The van der Waals surface area contributed by atoms with Crippen molar-refractivity contribution in [3.63, 3.8) is 0 Å². The Bertz CT molecular complexity index is 356. The van der Waals surface area contributed by atoms with Gasteiger partial charge in [-0.15, -0.1) is 0 Å². The van der Waals surface area contributed by atoms with Crippen LogP contribution in [0.3, 0.4) is 0 Å². The second kappa shape index (κ2) is 2.95. The summed E-state index contributed by atoms with van der Waals surface area (Å²) in [6, 6.07) is 5.10. The fourth-order valence-electron chi connectivity index (χ4n) is 1.98. The topological polar surface area (TPSA) is 52.0 Å². The molecule has 0 spiro atoms. The van der Waals surface area contributed by atoms with Gasteiger partial charge in [-0.3, -0.25) is 0 Å². The van der Waals surface area contributed by atoms with E-state index in [0.717, 1.165) is 18.4 Å². The zero-order chi connectivity index (χ0) is 10.3. The van der Waals surface area contributed by atoms with E-state index in [9.17, 15) is 4.39 Å². The third-order valence-electron chi connectivity index (χ3n) is 3.24. The molecule has 0 aliphatic heterocycles. The Kier molecular flexibility index (Phi) is 2.00. The summed E-state index contributed by atoms with van der Waals surface area (Å²) >= 11 is 0. The Morgan fingerprint density at radius 1 is 1.43 bits per heavy atom. The van der Waals surface area contributed by atoms with Crippen molar-refractivity contribution in [3.05, 3.63) is 29.6 Å². The lowest BCUT2D eigenvalue weighted by Gasteiger charge is -2.20. The lowest BCUT2D eigenvalue weighted by Crippen LogP contribution is -2.31. The molecule has 1 saturated carbocycles. The number of hydrogen-bond donors (Lipinski definition) is 2. The van der Waals surface area contributed by atoms with Gasteiger partial charge in [0.25, 0.3) is 0 Å². The second-order valence-electron chi connectivity index (χ2n) is 4.18. The molecule has 2 nitrogen and oxygen atoms in total. The molecule has 1 unspecified atom stereocenters. The van der Waals surface area contributed by atoms with E-state index >= 15 is 0 Å². The minimum atomic E-state index is -0.338. The van der Waals surface area contributed by atoms with Gasteiger partial charge in [0.05, 0.1) is 5.69 Å². The molecular formula is C11H15FN2. The van der Waals surface area contributed by atoms with Crippen LogP contribution in [0.2, 0.25) is 0 Å². The van der Waals surface area contributed by atoms with E-state index in [1.807, 2.05) is 13.0 Å². The number of nitrogens with two attached hydrogens (primary N) is 2. The van der Waals surface area contributed by atoms with Crippen LogP contribution in [0, 0.1) is 5.82 Å². The summed E-state index contributed by atoms with van der Waals surface area (Å²) in [5.41, 5.74) is 12.5. The molecule has 1 aromatic carbocycles. The summed E-state index contributed by atoms with van der Waals surface area (Å²) in [7, 11) is 0. The molecule has 0 saturated heterocycles. The van der Waals surface area contributed by atoms with Crippen LogP contribution in [-0.4, -0.2) is 6.04 Å². The summed E-state index contributed by atoms with van der Waals surface area (Å²) in [5.74, 6) is -0.338. The Morgan fingerprint density at radius 2 is 2.07 bits per heavy atom. The third kappa shape index (κ3) is 1.28. The Labute approximate surface area is 83.1 Å². The molecule has 2 rings (SSSR count). The van der Waals surface area contributed by atoms with Crippen LogP contribution in [-0.2, 0) is 5.41 Å². The smallest absolute Gasteiger partial charge is 0.146 e. The van der Waals surface area contributed by atoms with Gasteiger partial charge in [-0.2, -0.15) is 0 Å². The first-order valence-corrected chi connectivity index (χ1v) is 4.87. The zero-order valence-electron chi connectivity index (χ0n) is 8.26. The van der Waals surface area contributed by atoms with E-state index in [0.29, 0.717) is 0 Å². The largest absolute Gasteiger partial charge is 0.396 e. The molecule has 0 radical (unpaired) electrons. The Hall–Kier alpha value is -1.09. The highest BCUT2D eigenvalue weighted by molar-refractivity contribution is 5.45. The van der Waals surface area contributed by atoms with Crippen LogP contribution in [0.25, 0.3) is 0 Å². The molecule has 3 heteroatoms. The SMILES string of the molecule is CC(N)C1(c2ccc(N)c(F)c2)CC1. The van der Waals surface area contributed by atoms with Crippen LogP contribution in [0.1, 0.15) is 25.3 Å². The first-order chi connectivity index (χ1) is 6.56. The van der Waals surface area contributed by atoms with Gasteiger partial charge in [0, 0.05) is 11.5 Å². The molecule has 0 heterocycles. The number of benzene rings is 1. The van der Waals surface area contributed by atoms with Gasteiger partial charge in [0.2, 0.25) is 0 Å². The summed E-state index contributed by atoms with van der Waals surface area (Å²) < 4.78 is 13.2. The molecule has 76 valence electrons. The van der Waals surface area contributed by atoms with Crippen molar-refractivity contribution >= 4 is 5.69 Å². The minimum absolute atomic E-state index is 0.00847. The fraction of sp³-hybridized carbons (Fsp3) is 0.455. The highest BCUT2D eigenvalue weighted by atomic mass is 19.1. The molecule has 1 aliphatic rings. The van der Waals surface area contributed by atoms with Gasteiger partial charge in [-0.25, -0.2) is 4.39 Å². The lowest BCUT2D eigenvalue weighted by molar-refractivity contribution is 0.549. The summed E-state index contributed by atoms with van der Waals surface area (Å²) in [5, 5.41) is 0. The maximum absolute atomic E-state index is 13.2. The number of rotatable bonds is 2. The standard InChI is InChI=1S/C11H15FN2/c1-7(13)11(4-5-11)8-2-3-10(14)9(12)6-8/h2-3,6-7H,4-5,13-14H2,1H3. The molecule has 1 aliphatic carbocycles. The number of nitrogen functional groups attached to an aromatic ring is 1. The lowest BCUT2D eigenvalue weighted by atomic mass is 9.89. The average molecular weight is 194 g/mol. The molecule has 0 amide bonds. The van der Waals surface area contributed by atoms with E-state index in [1.54, 1.807) is 6.07 Å². The molecule has 14 heavy (non-hydrogen) atoms. The van der Waals surface area contributed by atoms with E-state index in [1.165, 1.54) is 6.07 Å². The van der Waals surface area contributed by atoms with Crippen molar-refractivity contribution in [2.24, 2.45) is 5.73 Å². The predicted molar refractivity (Wildman–Crippen MR) is 55.4 cm³/mol. The van der Waals surface area contributed by atoms with Crippen molar-refractivity contribution in [1.29, 1.82) is 0 Å². The summed E-state index contributed by atoms with van der Waals surface area (Å²) in [6.45, 7) is 1.97. The molecule has 1 atom stereocenters. The predicted octanol–water partition coefficient (Wildman–Crippen LogP) is 1.79. The summed E-state index contributed by atoms with van der Waals surface area (Å²) in [4.78, 5) is 0. The average Bonchev–Trinajstić information content (AvgIpc) is 2.90. The van der Waals surface area contributed by atoms with E-state index in [2.05, 4.69) is 0 Å². The van der Waals surface area contributed by atoms with Crippen LogP contribution < -0.4 is 11.5 Å². The highest BCUT2D eigenvalue weighted by Crippen LogP contribution is 2.50. The normalized spacial score (nSPS) is 20.5. The monoisotopic (exact) mass is 194 g/mol. The molecule has 0 bridgehead atoms. The zero-order valence-corrected chi connectivity index (χ0v) is 8.26. The van der Waals surface area contributed by atoms with Gasteiger partial charge in [-0.1, -0.05) is 6.07 Å². The van der Waals surface area contributed by atoms with Crippen LogP contribution >= 0.6 is 0 Å². The van der Waals surface area contributed by atoms with Gasteiger partial charge >= 0.3 is 0 Å². The van der Waals surface area contributed by atoms with Gasteiger partial charge < -0.3 is 11.5 Å². The maximum Gasteiger partial charge on any atom is 0.146 e. The fourth-order valence-corrected chi connectivity index (χ4v) is 1.98. The molecule has 4 N–H and O–H groups in total. The van der Waals surface area contributed by atoms with Gasteiger partial charge in [-0.05, 0) is 37.5 Å². The molecule has 1 aromatic rings. The minimum Gasteiger partial charge on any atom is -0.396 e. The van der Waals surface area contributed by atoms with E-state index < -0.39 is 0 Å². The van der Waals surface area contributed by atoms with Gasteiger partial charge in [0.15, 0.2) is 0 Å². The first-order valence-electron chi connectivity index (χ1n) is 4.87. The second-order valence-corrected chi connectivity index (χ2v) is 4.18. The van der Waals surface area contributed by atoms with Gasteiger partial charge in [0.1, 0.15) is 5.82 Å². The third-order valence-corrected chi connectivity index (χ3v) is 3.24. The highest BCUT2D eigenvalue weighted by Gasteiger charge is 2.47. The summed E-state index contributed by atoms with van der Waals surface area (Å²) in [6.07, 6.45) is 2.10. The number of hydrogen-bond acceptors (Lipinski definition) is 2. The van der Waals surface area contributed by atoms with Crippen LogP contribution in [0.4, 0.5) is 10.1 Å². The Balaban J connectivity index is 2.38. The Morgan fingerprint density at radius 3 is 2.50 bits per heavy atom. The first kappa shape index (κ1) is 9.46. The van der Waals surface area contributed by atoms with Crippen molar-refractivity contribution in [1.82, 2.24) is 0 Å². The van der Waals surface area contributed by atoms with Crippen molar-refractivity contribution in [2.75, 3.05) is 5.73 Å². The van der Waals surface area contributed by atoms with E-state index in [4.69, 9.17) is 11.5 Å². The molecule has 0 aromatic heterocycles. The van der Waals surface area contributed by atoms with Crippen molar-refractivity contribution in [2.45, 2.75) is 31.2 Å².